The molecule has 0 spiro atoms. The minimum atomic E-state index is -0.720. The van der Waals surface area contributed by atoms with Gasteiger partial charge in [-0.25, -0.2) is 0 Å². The van der Waals surface area contributed by atoms with E-state index >= 15 is 0 Å². The fraction of sp³-hybridized carbons (Fsp3) is 0.909. The van der Waals surface area contributed by atoms with Gasteiger partial charge in [0.05, 0.1) is 6.42 Å². The number of hydrogen-bond donors (Lipinski definition) is 2. The Morgan fingerprint density at radius 3 is 2.73 bits per heavy atom. The van der Waals surface area contributed by atoms with Gasteiger partial charge in [-0.1, -0.05) is 12.8 Å². The summed E-state index contributed by atoms with van der Waals surface area (Å²) < 4.78 is 0. The van der Waals surface area contributed by atoms with E-state index in [0.717, 1.165) is 13.0 Å². The van der Waals surface area contributed by atoms with Crippen LogP contribution in [0.4, 0.5) is 0 Å². The summed E-state index contributed by atoms with van der Waals surface area (Å²) in [5.74, 6) is -0.167. The lowest BCUT2D eigenvalue weighted by atomic mass is 9.83. The first-order valence-corrected chi connectivity index (χ1v) is 5.77. The van der Waals surface area contributed by atoms with E-state index in [4.69, 9.17) is 10.8 Å². The van der Waals surface area contributed by atoms with Gasteiger partial charge in [-0.2, -0.15) is 0 Å². The van der Waals surface area contributed by atoms with E-state index in [1.54, 1.807) is 0 Å². The van der Waals surface area contributed by atoms with Crippen molar-refractivity contribution in [2.24, 2.45) is 11.7 Å². The van der Waals surface area contributed by atoms with Gasteiger partial charge in [0.2, 0.25) is 0 Å². The average Bonchev–Trinajstić information content (AvgIpc) is 2.25. The fourth-order valence-electron chi connectivity index (χ4n) is 2.48. The normalized spacial score (nSPS) is 26.9. The Hall–Kier alpha value is -0.610. The maximum absolute atomic E-state index is 10.5. The van der Waals surface area contributed by atoms with E-state index in [0.29, 0.717) is 18.5 Å². The van der Waals surface area contributed by atoms with Gasteiger partial charge >= 0.3 is 5.97 Å². The number of nitrogens with two attached hydrogens (primary N) is 1. The van der Waals surface area contributed by atoms with E-state index in [1.807, 2.05) is 7.05 Å². The fourth-order valence-corrected chi connectivity index (χ4v) is 2.48. The quantitative estimate of drug-likeness (QED) is 0.714. The number of carboxylic acid groups (broad SMARTS) is 1. The predicted molar refractivity (Wildman–Crippen MR) is 59.7 cm³/mol. The molecule has 2 unspecified atom stereocenters. The highest BCUT2D eigenvalue weighted by Gasteiger charge is 2.27. The number of rotatable bonds is 5. The van der Waals surface area contributed by atoms with Crippen molar-refractivity contribution in [3.63, 3.8) is 0 Å². The molecule has 0 amide bonds. The number of carboxylic acids is 1. The van der Waals surface area contributed by atoms with Crippen LogP contribution >= 0.6 is 0 Å². The second-order valence-electron chi connectivity index (χ2n) is 4.47. The zero-order valence-electron chi connectivity index (χ0n) is 9.48. The molecule has 4 heteroatoms. The van der Waals surface area contributed by atoms with Crippen molar-refractivity contribution in [3.05, 3.63) is 0 Å². The maximum atomic E-state index is 10.5. The summed E-state index contributed by atoms with van der Waals surface area (Å²) in [7, 11) is 2.02. The molecule has 0 bridgehead atoms. The lowest BCUT2D eigenvalue weighted by molar-refractivity contribution is -0.137. The van der Waals surface area contributed by atoms with Crippen LogP contribution in [0.15, 0.2) is 0 Å². The van der Waals surface area contributed by atoms with Crippen LogP contribution in [0, 0.1) is 5.92 Å². The van der Waals surface area contributed by atoms with E-state index in [9.17, 15) is 4.79 Å². The Morgan fingerprint density at radius 2 is 2.13 bits per heavy atom. The Labute approximate surface area is 91.4 Å². The highest BCUT2D eigenvalue weighted by molar-refractivity contribution is 5.66. The van der Waals surface area contributed by atoms with Crippen molar-refractivity contribution in [1.82, 2.24) is 4.90 Å². The van der Waals surface area contributed by atoms with Crippen molar-refractivity contribution >= 4 is 5.97 Å². The number of carbonyl (C=O) groups is 1. The third kappa shape index (κ3) is 3.80. The first-order valence-electron chi connectivity index (χ1n) is 5.77. The summed E-state index contributed by atoms with van der Waals surface area (Å²) in [4.78, 5) is 12.7. The van der Waals surface area contributed by atoms with Gasteiger partial charge in [0, 0.05) is 12.6 Å². The summed E-state index contributed by atoms with van der Waals surface area (Å²) >= 11 is 0. The Balaban J connectivity index is 2.40. The van der Waals surface area contributed by atoms with Crippen LogP contribution in [0.5, 0.6) is 0 Å². The first kappa shape index (κ1) is 12.5. The molecule has 0 radical (unpaired) electrons. The number of aliphatic carboxylic acids is 1. The molecule has 1 aliphatic carbocycles. The summed E-state index contributed by atoms with van der Waals surface area (Å²) in [5.41, 5.74) is 5.74. The van der Waals surface area contributed by atoms with Gasteiger partial charge in [0.1, 0.15) is 0 Å². The Kier molecular flexibility index (Phi) is 5.05. The zero-order chi connectivity index (χ0) is 11.3. The summed E-state index contributed by atoms with van der Waals surface area (Å²) in [5, 5.41) is 8.63. The minimum absolute atomic E-state index is 0.226. The SMILES string of the molecule is CN(CCC(=O)O)C1CCCCC1CN. The third-order valence-electron chi connectivity index (χ3n) is 3.42. The number of nitrogens with zero attached hydrogens (tertiary/aromatic N) is 1. The minimum Gasteiger partial charge on any atom is -0.481 e. The summed E-state index contributed by atoms with van der Waals surface area (Å²) in [6, 6.07) is 0.489. The molecule has 1 aliphatic rings. The molecule has 2 atom stereocenters. The van der Waals surface area contributed by atoms with Crippen LogP contribution in [0.1, 0.15) is 32.1 Å². The van der Waals surface area contributed by atoms with E-state index in [-0.39, 0.29) is 6.42 Å². The Morgan fingerprint density at radius 1 is 1.47 bits per heavy atom. The zero-order valence-corrected chi connectivity index (χ0v) is 9.48. The van der Waals surface area contributed by atoms with Gasteiger partial charge in [-0.15, -0.1) is 0 Å². The topological polar surface area (TPSA) is 66.6 Å². The molecule has 3 N–H and O–H groups in total. The second kappa shape index (κ2) is 6.08. The monoisotopic (exact) mass is 214 g/mol. The molecule has 1 saturated carbocycles. The van der Waals surface area contributed by atoms with Crippen molar-refractivity contribution in [2.75, 3.05) is 20.1 Å². The second-order valence-corrected chi connectivity index (χ2v) is 4.47. The van der Waals surface area contributed by atoms with E-state index < -0.39 is 5.97 Å². The van der Waals surface area contributed by atoms with Crippen LogP contribution in [0.25, 0.3) is 0 Å². The summed E-state index contributed by atoms with van der Waals surface area (Å²) in [6.45, 7) is 1.36. The standard InChI is InChI=1S/C11H22N2O2/c1-13(7-6-11(14)15)10-5-3-2-4-9(10)8-12/h9-10H,2-8,12H2,1H3,(H,14,15). The maximum Gasteiger partial charge on any atom is 0.304 e. The largest absolute Gasteiger partial charge is 0.481 e. The highest BCUT2D eigenvalue weighted by atomic mass is 16.4. The molecule has 1 rings (SSSR count). The van der Waals surface area contributed by atoms with Crippen molar-refractivity contribution in [2.45, 2.75) is 38.1 Å². The van der Waals surface area contributed by atoms with Crippen LogP contribution in [-0.2, 0) is 4.79 Å². The summed E-state index contributed by atoms with van der Waals surface area (Å²) in [6.07, 6.45) is 5.10. The van der Waals surface area contributed by atoms with Gasteiger partial charge in [-0.05, 0) is 32.4 Å². The van der Waals surface area contributed by atoms with Crippen molar-refractivity contribution in [1.29, 1.82) is 0 Å². The molecule has 0 aliphatic heterocycles. The van der Waals surface area contributed by atoms with Crippen LogP contribution in [0.3, 0.4) is 0 Å². The van der Waals surface area contributed by atoms with Gasteiger partial charge < -0.3 is 15.7 Å². The molecular weight excluding hydrogens is 192 g/mol. The average molecular weight is 214 g/mol. The van der Waals surface area contributed by atoms with Crippen molar-refractivity contribution < 1.29 is 9.90 Å². The van der Waals surface area contributed by atoms with E-state index in [2.05, 4.69) is 4.90 Å². The van der Waals surface area contributed by atoms with Gasteiger partial charge in [0.15, 0.2) is 0 Å². The lowest BCUT2D eigenvalue weighted by Gasteiger charge is -2.37. The highest BCUT2D eigenvalue weighted by Crippen LogP contribution is 2.27. The molecular formula is C11H22N2O2. The first-order chi connectivity index (χ1) is 7.15. The van der Waals surface area contributed by atoms with Crippen LogP contribution in [-0.4, -0.2) is 42.2 Å². The lowest BCUT2D eigenvalue weighted by Crippen LogP contribution is -2.43. The molecule has 88 valence electrons. The third-order valence-corrected chi connectivity index (χ3v) is 3.42. The molecule has 0 aromatic rings. The molecule has 0 aromatic heterocycles. The molecule has 1 fully saturated rings. The van der Waals surface area contributed by atoms with Crippen LogP contribution < -0.4 is 5.73 Å². The van der Waals surface area contributed by atoms with Crippen molar-refractivity contribution in [3.8, 4) is 0 Å². The Bertz CT molecular complexity index is 209. The molecule has 0 heterocycles. The number of hydrogen-bond acceptors (Lipinski definition) is 3. The molecule has 4 nitrogen and oxygen atoms in total. The van der Waals surface area contributed by atoms with E-state index in [1.165, 1.54) is 19.3 Å². The smallest absolute Gasteiger partial charge is 0.304 e. The van der Waals surface area contributed by atoms with Gasteiger partial charge in [0.25, 0.3) is 0 Å². The van der Waals surface area contributed by atoms with Gasteiger partial charge in [-0.3, -0.25) is 4.79 Å². The molecule has 0 aromatic carbocycles. The molecule has 0 saturated heterocycles. The van der Waals surface area contributed by atoms with Crippen LogP contribution in [0.2, 0.25) is 0 Å². The molecule has 15 heavy (non-hydrogen) atoms. The predicted octanol–water partition coefficient (Wildman–Crippen LogP) is 0.910.